The van der Waals surface area contributed by atoms with Crippen LogP contribution in [0.4, 0.5) is 5.13 Å². The minimum Gasteiger partial charge on any atom is -0.291 e. The Balaban J connectivity index is 1.75. The Morgan fingerprint density at radius 1 is 1.03 bits per heavy atom. The lowest BCUT2D eigenvalue weighted by atomic mass is 9.99. The molecule has 3 rings (SSSR count). The SMILES string of the molecule is CNS(=O)(=O)c1sc(N(C)C(=O)Cc2ccc(-c3cc(C)cc(C)c3)cc2)nc1C. The topological polar surface area (TPSA) is 79.4 Å². The molecule has 0 saturated heterocycles. The molecular weight excluding hydrogens is 418 g/mol. The number of sulfonamides is 1. The van der Waals surface area contributed by atoms with Crippen molar-refractivity contribution < 1.29 is 13.2 Å². The van der Waals surface area contributed by atoms with Gasteiger partial charge in [-0.3, -0.25) is 9.69 Å². The molecule has 6 nitrogen and oxygen atoms in total. The van der Waals surface area contributed by atoms with E-state index in [9.17, 15) is 13.2 Å². The average molecular weight is 444 g/mol. The van der Waals surface area contributed by atoms with Gasteiger partial charge >= 0.3 is 0 Å². The molecular formula is C22H25N3O3S2. The maximum Gasteiger partial charge on any atom is 0.251 e. The zero-order valence-corrected chi connectivity index (χ0v) is 19.3. The van der Waals surface area contributed by atoms with Crippen LogP contribution in [0.2, 0.25) is 0 Å². The highest BCUT2D eigenvalue weighted by Crippen LogP contribution is 2.29. The summed E-state index contributed by atoms with van der Waals surface area (Å²) in [6, 6.07) is 14.3. The second kappa shape index (κ2) is 8.67. The Morgan fingerprint density at radius 3 is 2.20 bits per heavy atom. The fourth-order valence-corrected chi connectivity index (χ4v) is 5.52. The van der Waals surface area contributed by atoms with E-state index >= 15 is 0 Å². The van der Waals surface area contributed by atoms with Gasteiger partial charge in [0.05, 0.1) is 12.1 Å². The molecule has 0 aliphatic heterocycles. The lowest BCUT2D eigenvalue weighted by molar-refractivity contribution is -0.117. The third kappa shape index (κ3) is 4.77. The van der Waals surface area contributed by atoms with Crippen molar-refractivity contribution >= 4 is 32.4 Å². The smallest absolute Gasteiger partial charge is 0.251 e. The molecule has 0 atom stereocenters. The number of aryl methyl sites for hydroxylation is 3. The van der Waals surface area contributed by atoms with Crippen molar-refractivity contribution in [2.75, 3.05) is 19.0 Å². The van der Waals surface area contributed by atoms with Gasteiger partial charge in [-0.15, -0.1) is 0 Å². The highest BCUT2D eigenvalue weighted by molar-refractivity contribution is 7.91. The molecule has 1 heterocycles. The molecule has 0 fully saturated rings. The Labute approximate surface area is 181 Å². The summed E-state index contributed by atoms with van der Waals surface area (Å²) in [7, 11) is -0.632. The Hall–Kier alpha value is -2.55. The van der Waals surface area contributed by atoms with Crippen molar-refractivity contribution in [3.63, 3.8) is 0 Å². The predicted molar refractivity (Wildman–Crippen MR) is 122 cm³/mol. The molecule has 0 bridgehead atoms. The van der Waals surface area contributed by atoms with Crippen molar-refractivity contribution in [2.24, 2.45) is 0 Å². The van der Waals surface area contributed by atoms with Crippen molar-refractivity contribution in [2.45, 2.75) is 31.4 Å². The number of hydrogen-bond acceptors (Lipinski definition) is 5. The Bertz CT molecular complexity index is 1160. The van der Waals surface area contributed by atoms with E-state index in [4.69, 9.17) is 0 Å². The van der Waals surface area contributed by atoms with E-state index in [0.717, 1.165) is 28.0 Å². The summed E-state index contributed by atoms with van der Waals surface area (Å²) < 4.78 is 26.5. The van der Waals surface area contributed by atoms with Crippen LogP contribution in [0.5, 0.6) is 0 Å². The number of likely N-dealkylation sites (N-methyl/N-ethyl adjacent to an activating group) is 1. The molecule has 0 saturated carbocycles. The zero-order chi connectivity index (χ0) is 22.1. The average Bonchev–Trinajstić information content (AvgIpc) is 3.09. The summed E-state index contributed by atoms with van der Waals surface area (Å²) in [6.07, 6.45) is 0.205. The molecule has 0 aliphatic rings. The van der Waals surface area contributed by atoms with Gasteiger partial charge in [-0.2, -0.15) is 0 Å². The van der Waals surface area contributed by atoms with Gasteiger partial charge in [-0.1, -0.05) is 64.9 Å². The summed E-state index contributed by atoms with van der Waals surface area (Å²) in [5, 5.41) is 0.359. The van der Waals surface area contributed by atoms with Gasteiger partial charge < -0.3 is 0 Å². The lowest BCUT2D eigenvalue weighted by Crippen LogP contribution is -2.27. The quantitative estimate of drug-likeness (QED) is 0.628. The van der Waals surface area contributed by atoms with Gasteiger partial charge in [0, 0.05) is 7.05 Å². The normalized spacial score (nSPS) is 11.5. The predicted octanol–water partition coefficient (Wildman–Crippen LogP) is 3.85. The summed E-state index contributed by atoms with van der Waals surface area (Å²) in [6.45, 7) is 5.77. The molecule has 1 amide bonds. The van der Waals surface area contributed by atoms with E-state index in [2.05, 4.69) is 41.8 Å². The number of carbonyl (C=O) groups excluding carboxylic acids is 1. The highest BCUT2D eigenvalue weighted by Gasteiger charge is 2.23. The maximum atomic E-state index is 12.7. The van der Waals surface area contributed by atoms with Crippen LogP contribution < -0.4 is 9.62 Å². The second-order valence-electron chi connectivity index (χ2n) is 7.28. The standard InChI is InChI=1S/C22H25N3O3S2/c1-14-10-15(2)12-19(11-14)18-8-6-17(7-9-18)13-20(26)25(5)22-24-16(3)21(29-22)30(27,28)23-4/h6-12,23H,13H2,1-5H3. The third-order valence-electron chi connectivity index (χ3n) is 4.78. The first-order chi connectivity index (χ1) is 14.1. The van der Waals surface area contributed by atoms with Crippen LogP contribution in [0.25, 0.3) is 11.1 Å². The number of anilines is 1. The van der Waals surface area contributed by atoms with Crippen molar-refractivity contribution in [3.05, 3.63) is 64.8 Å². The second-order valence-corrected chi connectivity index (χ2v) is 10.3. The van der Waals surface area contributed by atoms with Crippen molar-refractivity contribution in [3.8, 4) is 11.1 Å². The van der Waals surface area contributed by atoms with Crippen LogP contribution in [-0.2, 0) is 21.2 Å². The first-order valence-electron chi connectivity index (χ1n) is 9.46. The molecule has 1 aromatic heterocycles. The van der Waals surface area contributed by atoms with E-state index in [1.54, 1.807) is 14.0 Å². The van der Waals surface area contributed by atoms with E-state index < -0.39 is 10.0 Å². The largest absolute Gasteiger partial charge is 0.291 e. The number of nitrogens with zero attached hydrogens (tertiary/aromatic N) is 2. The van der Waals surface area contributed by atoms with E-state index in [0.29, 0.717) is 10.8 Å². The number of thiazole rings is 1. The van der Waals surface area contributed by atoms with Gasteiger partial charge in [-0.05, 0) is 44.5 Å². The van der Waals surface area contributed by atoms with E-state index in [-0.39, 0.29) is 16.5 Å². The number of nitrogens with one attached hydrogen (secondary N) is 1. The fourth-order valence-electron chi connectivity index (χ4n) is 3.21. The number of aromatic nitrogens is 1. The van der Waals surface area contributed by atoms with Crippen LogP contribution in [0.1, 0.15) is 22.4 Å². The third-order valence-corrected chi connectivity index (χ3v) is 8.04. The Kier molecular flexibility index (Phi) is 6.40. The molecule has 0 unspecified atom stereocenters. The monoisotopic (exact) mass is 443 g/mol. The number of benzene rings is 2. The number of amides is 1. The molecule has 0 radical (unpaired) electrons. The van der Waals surface area contributed by atoms with E-state index in [1.807, 2.05) is 24.3 Å². The maximum absolute atomic E-state index is 12.7. The first-order valence-corrected chi connectivity index (χ1v) is 11.8. The van der Waals surface area contributed by atoms with Gasteiger partial charge in [0.25, 0.3) is 10.0 Å². The number of hydrogen-bond donors (Lipinski definition) is 1. The highest BCUT2D eigenvalue weighted by atomic mass is 32.2. The fraction of sp³-hybridized carbons (Fsp3) is 0.273. The van der Waals surface area contributed by atoms with Gasteiger partial charge in [0.1, 0.15) is 0 Å². The zero-order valence-electron chi connectivity index (χ0n) is 17.7. The summed E-state index contributed by atoms with van der Waals surface area (Å²) >= 11 is 0.984. The van der Waals surface area contributed by atoms with Crippen LogP contribution in [0.3, 0.4) is 0 Å². The van der Waals surface area contributed by atoms with Gasteiger partial charge in [-0.25, -0.2) is 18.1 Å². The lowest BCUT2D eigenvalue weighted by Gasteiger charge is -2.14. The van der Waals surface area contributed by atoms with Crippen LogP contribution in [0, 0.1) is 20.8 Å². The van der Waals surface area contributed by atoms with Gasteiger partial charge in [0.2, 0.25) is 5.91 Å². The molecule has 3 aromatic rings. The number of rotatable bonds is 6. The van der Waals surface area contributed by atoms with Crippen LogP contribution in [-0.4, -0.2) is 33.4 Å². The molecule has 1 N–H and O–H groups in total. The summed E-state index contributed by atoms with van der Waals surface area (Å²) in [5.74, 6) is -0.156. The molecule has 0 spiro atoms. The molecule has 8 heteroatoms. The van der Waals surface area contributed by atoms with Crippen LogP contribution >= 0.6 is 11.3 Å². The minimum absolute atomic E-state index is 0.123. The minimum atomic E-state index is -3.60. The first kappa shape index (κ1) is 22.1. The van der Waals surface area contributed by atoms with Gasteiger partial charge in [0.15, 0.2) is 9.34 Å². The summed E-state index contributed by atoms with van der Waals surface area (Å²) in [5.41, 5.74) is 5.94. The van der Waals surface area contributed by atoms with Crippen molar-refractivity contribution in [1.82, 2.24) is 9.71 Å². The molecule has 158 valence electrons. The molecule has 30 heavy (non-hydrogen) atoms. The molecule has 2 aromatic carbocycles. The summed E-state index contributed by atoms with van der Waals surface area (Å²) in [4.78, 5) is 18.4. The van der Waals surface area contributed by atoms with Crippen molar-refractivity contribution in [1.29, 1.82) is 0 Å². The Morgan fingerprint density at radius 2 is 1.63 bits per heavy atom. The molecule has 0 aliphatic carbocycles. The van der Waals surface area contributed by atoms with E-state index in [1.165, 1.54) is 23.1 Å². The van der Waals surface area contributed by atoms with Crippen LogP contribution in [0.15, 0.2) is 46.7 Å². The number of carbonyl (C=O) groups is 1.